The molecular weight excluding hydrogens is 383 g/mol. The number of rotatable bonds is 5. The number of piperazine rings is 1. The van der Waals surface area contributed by atoms with Crippen LogP contribution < -0.4 is 14.5 Å². The summed E-state index contributed by atoms with van der Waals surface area (Å²) in [5.74, 6) is -0.0938. The summed E-state index contributed by atoms with van der Waals surface area (Å²) in [7, 11) is 0. The summed E-state index contributed by atoms with van der Waals surface area (Å²) in [4.78, 5) is 28.6. The number of carbonyl (C=O) groups excluding carboxylic acids is 2. The number of nitrogens with zero attached hydrogens (tertiary/aromatic N) is 4. The maximum absolute atomic E-state index is 14.8. The van der Waals surface area contributed by atoms with Gasteiger partial charge < -0.3 is 23.8 Å². The molecule has 2 aromatic rings. The Hall–Kier alpha value is -3.30. The van der Waals surface area contributed by atoms with Crippen molar-refractivity contribution in [3.8, 4) is 5.88 Å². The Morgan fingerprint density at radius 1 is 1.28 bits per heavy atom. The van der Waals surface area contributed by atoms with Gasteiger partial charge in [-0.25, -0.2) is 9.18 Å². The lowest BCUT2D eigenvalue weighted by Crippen LogP contribution is -2.48. The van der Waals surface area contributed by atoms with E-state index in [-0.39, 0.29) is 19.1 Å². The SMILES string of the molecule is CC(=O)N1CCN(c2ccc(N3C[C@H](COc4ccon4)OC3=O)cc2F)CC1. The average Bonchev–Trinajstić information content (AvgIpc) is 3.36. The van der Waals surface area contributed by atoms with E-state index >= 15 is 0 Å². The van der Waals surface area contributed by atoms with Gasteiger partial charge >= 0.3 is 6.09 Å². The van der Waals surface area contributed by atoms with Crippen LogP contribution in [0.2, 0.25) is 0 Å². The third-order valence-corrected chi connectivity index (χ3v) is 5.01. The molecule has 29 heavy (non-hydrogen) atoms. The minimum atomic E-state index is -0.555. The van der Waals surface area contributed by atoms with Crippen molar-refractivity contribution in [2.45, 2.75) is 13.0 Å². The predicted octanol–water partition coefficient (Wildman–Crippen LogP) is 1.89. The van der Waals surface area contributed by atoms with Gasteiger partial charge in [-0.05, 0) is 23.4 Å². The Balaban J connectivity index is 1.38. The number of anilines is 2. The lowest BCUT2D eigenvalue weighted by atomic mass is 10.2. The second kappa shape index (κ2) is 7.98. The third kappa shape index (κ3) is 4.10. The van der Waals surface area contributed by atoms with Gasteiger partial charge in [0.2, 0.25) is 5.91 Å². The topological polar surface area (TPSA) is 88.4 Å². The molecule has 4 rings (SSSR count). The fourth-order valence-corrected chi connectivity index (χ4v) is 3.46. The number of halogens is 1. The number of benzene rings is 1. The summed E-state index contributed by atoms with van der Waals surface area (Å²) in [6.45, 7) is 4.13. The maximum Gasteiger partial charge on any atom is 0.414 e. The van der Waals surface area contributed by atoms with Crippen molar-refractivity contribution in [3.63, 3.8) is 0 Å². The van der Waals surface area contributed by atoms with E-state index in [2.05, 4.69) is 9.68 Å². The predicted molar refractivity (Wildman–Crippen MR) is 100 cm³/mol. The Bertz CT molecular complexity index is 883. The van der Waals surface area contributed by atoms with Gasteiger partial charge in [-0.1, -0.05) is 0 Å². The molecule has 0 spiro atoms. The summed E-state index contributed by atoms with van der Waals surface area (Å²) in [6.07, 6.45) is 0.328. The molecule has 2 amide bonds. The van der Waals surface area contributed by atoms with Gasteiger partial charge in [0, 0.05) is 39.2 Å². The Morgan fingerprint density at radius 3 is 2.72 bits per heavy atom. The Kier molecular flexibility index (Phi) is 5.24. The van der Waals surface area contributed by atoms with Crippen LogP contribution in [-0.2, 0) is 9.53 Å². The molecule has 0 unspecified atom stereocenters. The first-order valence-corrected chi connectivity index (χ1v) is 9.32. The highest BCUT2D eigenvalue weighted by Crippen LogP contribution is 2.28. The van der Waals surface area contributed by atoms with Crippen LogP contribution in [0.15, 0.2) is 35.1 Å². The number of aromatic nitrogens is 1. The monoisotopic (exact) mass is 404 g/mol. The van der Waals surface area contributed by atoms with E-state index in [0.717, 1.165) is 0 Å². The Labute approximate surface area is 166 Å². The first-order valence-electron chi connectivity index (χ1n) is 9.32. The molecular formula is C19H21FN4O5. The zero-order valence-corrected chi connectivity index (χ0v) is 15.9. The molecule has 1 aromatic heterocycles. The van der Waals surface area contributed by atoms with Crippen molar-refractivity contribution in [3.05, 3.63) is 36.3 Å². The summed E-state index contributed by atoms with van der Waals surface area (Å²) < 4.78 is 30.1. The van der Waals surface area contributed by atoms with Crippen molar-refractivity contribution in [2.75, 3.05) is 49.1 Å². The molecule has 2 saturated heterocycles. The van der Waals surface area contributed by atoms with Crippen molar-refractivity contribution < 1.29 is 28.0 Å². The van der Waals surface area contributed by atoms with E-state index in [1.165, 1.54) is 24.2 Å². The van der Waals surface area contributed by atoms with E-state index in [0.29, 0.717) is 43.4 Å². The highest BCUT2D eigenvalue weighted by Gasteiger charge is 2.33. The lowest BCUT2D eigenvalue weighted by Gasteiger charge is -2.35. The number of carbonyl (C=O) groups is 2. The standard InChI is InChI=1S/C19H21FN4O5/c1-13(25)22-5-7-23(8-6-22)17-3-2-14(10-16(17)20)24-11-15(29-19(24)26)12-27-18-4-9-28-21-18/h2-4,9-10,15H,5-8,11-12H2,1H3/t15-/m1/s1. The Morgan fingerprint density at radius 2 is 2.07 bits per heavy atom. The zero-order chi connectivity index (χ0) is 20.4. The second-order valence-electron chi connectivity index (χ2n) is 6.89. The normalized spacial score (nSPS) is 19.4. The van der Waals surface area contributed by atoms with Crippen LogP contribution in [0.4, 0.5) is 20.6 Å². The van der Waals surface area contributed by atoms with E-state index in [4.69, 9.17) is 9.47 Å². The van der Waals surface area contributed by atoms with Gasteiger partial charge in [-0.2, -0.15) is 0 Å². The number of amides is 2. The van der Waals surface area contributed by atoms with Gasteiger partial charge in [-0.3, -0.25) is 9.69 Å². The average molecular weight is 404 g/mol. The largest absolute Gasteiger partial charge is 0.471 e. The molecule has 1 atom stereocenters. The minimum absolute atomic E-state index is 0.0232. The molecule has 10 heteroatoms. The van der Waals surface area contributed by atoms with Crippen molar-refractivity contribution in [1.82, 2.24) is 10.1 Å². The summed E-state index contributed by atoms with van der Waals surface area (Å²) in [6, 6.07) is 6.23. The van der Waals surface area contributed by atoms with Crippen molar-refractivity contribution in [2.24, 2.45) is 0 Å². The summed E-state index contributed by atoms with van der Waals surface area (Å²) in [5, 5.41) is 3.63. The van der Waals surface area contributed by atoms with Gasteiger partial charge in [0.15, 0.2) is 6.10 Å². The van der Waals surface area contributed by atoms with Crippen LogP contribution in [0.3, 0.4) is 0 Å². The van der Waals surface area contributed by atoms with Crippen molar-refractivity contribution in [1.29, 1.82) is 0 Å². The molecule has 2 aliphatic rings. The van der Waals surface area contributed by atoms with Crippen LogP contribution in [0.5, 0.6) is 5.88 Å². The lowest BCUT2D eigenvalue weighted by molar-refractivity contribution is -0.129. The highest BCUT2D eigenvalue weighted by atomic mass is 19.1. The van der Waals surface area contributed by atoms with Crippen LogP contribution in [0.1, 0.15) is 6.92 Å². The fraction of sp³-hybridized carbons (Fsp3) is 0.421. The van der Waals surface area contributed by atoms with Gasteiger partial charge in [0.05, 0.1) is 17.9 Å². The first-order chi connectivity index (χ1) is 14.0. The van der Waals surface area contributed by atoms with Gasteiger partial charge in [0.1, 0.15) is 18.7 Å². The van der Waals surface area contributed by atoms with Crippen LogP contribution in [0.25, 0.3) is 0 Å². The number of hydrogen-bond acceptors (Lipinski definition) is 7. The molecule has 2 fully saturated rings. The molecule has 154 valence electrons. The molecule has 0 aliphatic carbocycles. The minimum Gasteiger partial charge on any atom is -0.471 e. The van der Waals surface area contributed by atoms with E-state index in [1.54, 1.807) is 23.1 Å². The van der Waals surface area contributed by atoms with E-state index in [9.17, 15) is 14.0 Å². The fourth-order valence-electron chi connectivity index (χ4n) is 3.46. The van der Waals surface area contributed by atoms with Crippen molar-refractivity contribution >= 4 is 23.4 Å². The summed E-state index contributed by atoms with van der Waals surface area (Å²) >= 11 is 0. The molecule has 3 heterocycles. The highest BCUT2D eigenvalue weighted by molar-refractivity contribution is 5.90. The molecule has 1 aromatic carbocycles. The van der Waals surface area contributed by atoms with Gasteiger partial charge in [0.25, 0.3) is 5.88 Å². The van der Waals surface area contributed by atoms with Crippen LogP contribution >= 0.6 is 0 Å². The smallest absolute Gasteiger partial charge is 0.414 e. The summed E-state index contributed by atoms with van der Waals surface area (Å²) in [5.41, 5.74) is 0.873. The first kappa shape index (κ1) is 19.0. The number of hydrogen-bond donors (Lipinski definition) is 0. The number of cyclic esters (lactones) is 1. The third-order valence-electron chi connectivity index (χ3n) is 5.01. The van der Waals surface area contributed by atoms with Crippen LogP contribution in [0, 0.1) is 5.82 Å². The molecule has 2 aliphatic heterocycles. The van der Waals surface area contributed by atoms with E-state index < -0.39 is 18.0 Å². The zero-order valence-electron chi connectivity index (χ0n) is 15.9. The second-order valence-corrected chi connectivity index (χ2v) is 6.89. The molecule has 0 N–H and O–H groups in total. The molecule has 9 nitrogen and oxygen atoms in total. The molecule has 0 bridgehead atoms. The van der Waals surface area contributed by atoms with Gasteiger partial charge in [-0.15, -0.1) is 0 Å². The molecule has 0 saturated carbocycles. The molecule has 0 radical (unpaired) electrons. The number of ether oxygens (including phenoxy) is 2. The maximum atomic E-state index is 14.8. The van der Waals surface area contributed by atoms with Crippen LogP contribution in [-0.4, -0.2) is 67.5 Å². The quantitative estimate of drug-likeness (QED) is 0.752. The van der Waals surface area contributed by atoms with E-state index in [1.807, 2.05) is 4.90 Å².